The first-order chi connectivity index (χ1) is 13.1. The van der Waals surface area contributed by atoms with Crippen LogP contribution < -0.4 is 15.4 Å². The molecule has 2 aromatic carbocycles. The molecule has 0 bridgehead atoms. The molecule has 0 unspecified atom stereocenters. The Morgan fingerprint density at radius 2 is 1.89 bits per heavy atom. The van der Waals surface area contributed by atoms with Crippen LogP contribution >= 0.6 is 0 Å². The Hall–Kier alpha value is -3.02. The topological polar surface area (TPSA) is 72.0 Å². The summed E-state index contributed by atoms with van der Waals surface area (Å²) in [6.07, 6.45) is 0. The van der Waals surface area contributed by atoms with E-state index in [1.54, 1.807) is 12.1 Å². The first kappa shape index (κ1) is 20.3. The second-order valence-electron chi connectivity index (χ2n) is 6.06. The molecule has 0 atom stereocenters. The van der Waals surface area contributed by atoms with Crippen LogP contribution in [0.2, 0.25) is 0 Å². The molecule has 0 amide bonds. The zero-order valence-electron chi connectivity index (χ0n) is 16.3. The third-order valence-electron chi connectivity index (χ3n) is 3.98. The fourth-order valence-electron chi connectivity index (χ4n) is 2.64. The highest BCUT2D eigenvalue weighted by Gasteiger charge is 2.13. The van der Waals surface area contributed by atoms with Crippen LogP contribution in [-0.4, -0.2) is 32.7 Å². The van der Waals surface area contributed by atoms with Gasteiger partial charge in [0.15, 0.2) is 5.96 Å². The number of carbonyl (C=O) groups is 1. The number of aliphatic imine (C=N–C) groups is 1. The Kier molecular flexibility index (Phi) is 7.67. The number of methoxy groups -OCH3 is 2. The van der Waals surface area contributed by atoms with Crippen LogP contribution in [0, 0.1) is 6.92 Å². The van der Waals surface area contributed by atoms with E-state index >= 15 is 0 Å². The van der Waals surface area contributed by atoms with Crippen molar-refractivity contribution in [2.75, 3.05) is 20.8 Å². The molecular formula is C21H27N3O3. The van der Waals surface area contributed by atoms with E-state index in [9.17, 15) is 4.79 Å². The molecule has 0 aliphatic heterocycles. The quantitative estimate of drug-likeness (QED) is 0.446. The number of carbonyl (C=O) groups excluding carboxylic acids is 1. The number of aryl methyl sites for hydroxylation is 1. The number of benzene rings is 2. The van der Waals surface area contributed by atoms with Gasteiger partial charge in [-0.1, -0.05) is 35.9 Å². The van der Waals surface area contributed by atoms with Gasteiger partial charge in [0.1, 0.15) is 11.3 Å². The minimum Gasteiger partial charge on any atom is -0.496 e. The molecular weight excluding hydrogens is 342 g/mol. The zero-order valence-corrected chi connectivity index (χ0v) is 16.3. The molecule has 0 aromatic heterocycles. The molecule has 2 N–H and O–H groups in total. The fourth-order valence-corrected chi connectivity index (χ4v) is 2.64. The van der Waals surface area contributed by atoms with Gasteiger partial charge in [-0.25, -0.2) is 9.79 Å². The van der Waals surface area contributed by atoms with Crippen molar-refractivity contribution in [3.63, 3.8) is 0 Å². The van der Waals surface area contributed by atoms with Crippen LogP contribution in [-0.2, 0) is 17.8 Å². The summed E-state index contributed by atoms with van der Waals surface area (Å²) in [4.78, 5) is 16.5. The molecule has 144 valence electrons. The van der Waals surface area contributed by atoms with Gasteiger partial charge in [-0.05, 0) is 37.1 Å². The van der Waals surface area contributed by atoms with Gasteiger partial charge in [-0.3, -0.25) is 0 Å². The molecule has 0 radical (unpaired) electrons. The highest BCUT2D eigenvalue weighted by Crippen LogP contribution is 2.20. The summed E-state index contributed by atoms with van der Waals surface area (Å²) in [6, 6.07) is 13.7. The molecule has 0 saturated heterocycles. The average molecular weight is 369 g/mol. The maximum Gasteiger partial charge on any atom is 0.341 e. The van der Waals surface area contributed by atoms with Gasteiger partial charge in [-0.15, -0.1) is 0 Å². The number of nitrogens with zero attached hydrogens (tertiary/aromatic N) is 1. The van der Waals surface area contributed by atoms with E-state index in [-0.39, 0.29) is 0 Å². The number of hydrogen-bond donors (Lipinski definition) is 2. The molecule has 0 spiro atoms. The van der Waals surface area contributed by atoms with Crippen LogP contribution in [0.25, 0.3) is 0 Å². The van der Waals surface area contributed by atoms with Crippen molar-refractivity contribution in [2.45, 2.75) is 26.9 Å². The largest absolute Gasteiger partial charge is 0.496 e. The molecule has 0 saturated carbocycles. The van der Waals surface area contributed by atoms with Gasteiger partial charge in [-0.2, -0.15) is 0 Å². The van der Waals surface area contributed by atoms with Gasteiger partial charge in [0, 0.05) is 13.1 Å². The molecule has 6 heteroatoms. The van der Waals surface area contributed by atoms with E-state index in [1.165, 1.54) is 19.8 Å². The van der Waals surface area contributed by atoms with Gasteiger partial charge in [0.2, 0.25) is 0 Å². The van der Waals surface area contributed by atoms with E-state index in [2.05, 4.69) is 40.7 Å². The minimum atomic E-state index is -0.422. The lowest BCUT2D eigenvalue weighted by atomic mass is 10.1. The van der Waals surface area contributed by atoms with Crippen molar-refractivity contribution >= 4 is 11.9 Å². The standard InChI is InChI=1S/C21H27N3O3/c1-5-22-21(23-13-16-8-6-7-15(2)11-16)24-14-17-9-10-19(26-3)18(12-17)20(25)27-4/h6-12H,5,13-14H2,1-4H3,(H2,22,23,24). The first-order valence-corrected chi connectivity index (χ1v) is 8.90. The molecule has 0 aliphatic rings. The minimum absolute atomic E-state index is 0.404. The second kappa shape index (κ2) is 10.2. The van der Waals surface area contributed by atoms with Gasteiger partial charge >= 0.3 is 5.97 Å². The predicted octanol–water partition coefficient (Wildman–Crippen LogP) is 3.05. The van der Waals surface area contributed by atoms with Crippen molar-refractivity contribution < 1.29 is 14.3 Å². The van der Waals surface area contributed by atoms with Gasteiger partial charge in [0.05, 0.1) is 20.8 Å². The van der Waals surface area contributed by atoms with Crippen LogP contribution in [0.15, 0.2) is 47.5 Å². The van der Waals surface area contributed by atoms with Gasteiger partial charge < -0.3 is 20.1 Å². The van der Waals surface area contributed by atoms with E-state index in [0.717, 1.165) is 23.6 Å². The summed E-state index contributed by atoms with van der Waals surface area (Å²) in [5.74, 6) is 0.786. The lowest BCUT2D eigenvalue weighted by molar-refractivity contribution is 0.0597. The molecule has 2 aromatic rings. The van der Waals surface area contributed by atoms with E-state index in [1.807, 2.05) is 19.1 Å². The fraction of sp³-hybridized carbons (Fsp3) is 0.333. The number of ether oxygens (including phenoxy) is 2. The molecule has 0 heterocycles. The Bertz CT molecular complexity index is 803. The summed E-state index contributed by atoms with van der Waals surface area (Å²) in [7, 11) is 2.88. The summed E-state index contributed by atoms with van der Waals surface area (Å²) < 4.78 is 10.0. The maximum absolute atomic E-state index is 11.9. The van der Waals surface area contributed by atoms with Crippen LogP contribution in [0.1, 0.15) is 34.0 Å². The zero-order chi connectivity index (χ0) is 19.6. The normalized spacial score (nSPS) is 11.0. The second-order valence-corrected chi connectivity index (χ2v) is 6.06. The Morgan fingerprint density at radius 3 is 2.56 bits per heavy atom. The predicted molar refractivity (Wildman–Crippen MR) is 107 cm³/mol. The number of nitrogens with one attached hydrogen (secondary N) is 2. The van der Waals surface area contributed by atoms with Crippen LogP contribution in [0.4, 0.5) is 0 Å². The number of guanidine groups is 1. The first-order valence-electron chi connectivity index (χ1n) is 8.90. The Labute approximate surface area is 160 Å². The van der Waals surface area contributed by atoms with Gasteiger partial charge in [0.25, 0.3) is 0 Å². The molecule has 6 nitrogen and oxygen atoms in total. The summed E-state index contributed by atoms with van der Waals surface area (Å²) in [6.45, 7) is 5.96. The van der Waals surface area contributed by atoms with E-state index in [4.69, 9.17) is 9.47 Å². The van der Waals surface area contributed by atoms with Crippen molar-refractivity contribution in [3.05, 3.63) is 64.7 Å². The summed E-state index contributed by atoms with van der Waals surface area (Å²) >= 11 is 0. The third-order valence-corrected chi connectivity index (χ3v) is 3.98. The maximum atomic E-state index is 11.9. The molecule has 2 rings (SSSR count). The molecule has 0 aliphatic carbocycles. The van der Waals surface area contributed by atoms with E-state index < -0.39 is 5.97 Å². The van der Waals surface area contributed by atoms with Crippen LogP contribution in [0.3, 0.4) is 0 Å². The lowest BCUT2D eigenvalue weighted by Gasteiger charge is -2.13. The van der Waals surface area contributed by atoms with Crippen molar-refractivity contribution in [2.24, 2.45) is 4.99 Å². The Morgan fingerprint density at radius 1 is 1.07 bits per heavy atom. The summed E-state index contributed by atoms with van der Waals surface area (Å²) in [5.41, 5.74) is 3.71. The smallest absolute Gasteiger partial charge is 0.341 e. The van der Waals surface area contributed by atoms with E-state index in [0.29, 0.717) is 24.4 Å². The SMILES string of the molecule is CCNC(=NCc1cccc(C)c1)NCc1ccc(OC)c(C(=O)OC)c1. The molecule has 27 heavy (non-hydrogen) atoms. The summed E-state index contributed by atoms with van der Waals surface area (Å²) in [5, 5.41) is 6.52. The Balaban J connectivity index is 2.08. The average Bonchev–Trinajstić information content (AvgIpc) is 2.69. The van der Waals surface area contributed by atoms with Crippen molar-refractivity contribution in [1.82, 2.24) is 10.6 Å². The van der Waals surface area contributed by atoms with Crippen LogP contribution in [0.5, 0.6) is 5.75 Å². The number of esters is 1. The third kappa shape index (κ3) is 6.02. The highest BCUT2D eigenvalue weighted by atomic mass is 16.5. The van der Waals surface area contributed by atoms with Crippen molar-refractivity contribution in [3.8, 4) is 5.75 Å². The molecule has 0 fully saturated rings. The van der Waals surface area contributed by atoms with Crippen molar-refractivity contribution in [1.29, 1.82) is 0 Å². The highest BCUT2D eigenvalue weighted by molar-refractivity contribution is 5.92. The number of rotatable bonds is 7. The lowest BCUT2D eigenvalue weighted by Crippen LogP contribution is -2.36. The number of hydrogen-bond acceptors (Lipinski definition) is 4. The monoisotopic (exact) mass is 369 g/mol.